The molecule has 0 aliphatic heterocycles. The molecule has 0 radical (unpaired) electrons. The predicted octanol–water partition coefficient (Wildman–Crippen LogP) is 8.22. The van der Waals surface area contributed by atoms with E-state index < -0.39 is 11.7 Å². The highest BCUT2D eigenvalue weighted by Crippen LogP contribution is 2.35. The van der Waals surface area contributed by atoms with E-state index in [-0.39, 0.29) is 10.8 Å². The van der Waals surface area contributed by atoms with E-state index in [4.69, 9.17) is 5.73 Å². The van der Waals surface area contributed by atoms with Crippen molar-refractivity contribution in [3.05, 3.63) is 70.3 Å². The second-order valence-corrected chi connectivity index (χ2v) is 10.5. The molecule has 4 heteroatoms. The Morgan fingerprint density at radius 1 is 0.719 bits per heavy atom. The molecule has 0 amide bonds. The Bertz CT molecular complexity index is 824. The highest BCUT2D eigenvalue weighted by Gasteiger charge is 2.32. The Balaban J connectivity index is 0.000000330. The maximum Gasteiger partial charge on any atom is 0.416 e. The third-order valence-electron chi connectivity index (χ3n) is 5.52. The van der Waals surface area contributed by atoms with E-state index >= 15 is 0 Å². The number of benzene rings is 2. The van der Waals surface area contributed by atoms with Gasteiger partial charge in [0.25, 0.3) is 0 Å². The molecule has 0 aliphatic rings. The minimum atomic E-state index is -4.29. The van der Waals surface area contributed by atoms with Gasteiger partial charge in [-0.15, -0.1) is 0 Å². The molecule has 0 aromatic heterocycles. The van der Waals surface area contributed by atoms with Crippen LogP contribution in [0.1, 0.15) is 95.5 Å². The zero-order valence-electron chi connectivity index (χ0n) is 21.0. The Kier molecular flexibility index (Phi) is 10.5. The number of hydrogen-bond donors (Lipinski definition) is 1. The molecule has 2 rings (SSSR count). The van der Waals surface area contributed by atoms with Crippen molar-refractivity contribution in [3.8, 4) is 0 Å². The normalized spacial score (nSPS) is 12.3. The molecular weight excluding hydrogens is 407 g/mol. The third kappa shape index (κ3) is 8.97. The van der Waals surface area contributed by atoms with Crippen molar-refractivity contribution in [1.29, 1.82) is 0 Å². The van der Waals surface area contributed by atoms with Gasteiger partial charge in [-0.3, -0.25) is 0 Å². The molecule has 32 heavy (non-hydrogen) atoms. The van der Waals surface area contributed by atoms with Gasteiger partial charge in [0.15, 0.2) is 0 Å². The summed E-state index contributed by atoms with van der Waals surface area (Å²) in [5.74, 6) is 0. The first-order valence-corrected chi connectivity index (χ1v) is 11.7. The van der Waals surface area contributed by atoms with Gasteiger partial charge in [-0.05, 0) is 77.4 Å². The van der Waals surface area contributed by atoms with Crippen molar-refractivity contribution in [2.75, 3.05) is 6.54 Å². The van der Waals surface area contributed by atoms with Crippen LogP contribution in [0.5, 0.6) is 0 Å². The average Bonchev–Trinajstić information content (AvgIpc) is 2.69. The summed E-state index contributed by atoms with van der Waals surface area (Å²) >= 11 is 0. The summed E-state index contributed by atoms with van der Waals surface area (Å²) in [5.41, 5.74) is 9.61. The summed E-state index contributed by atoms with van der Waals surface area (Å²) in [6.07, 6.45) is 1.03. The van der Waals surface area contributed by atoms with Crippen molar-refractivity contribution in [3.63, 3.8) is 0 Å². The fourth-order valence-electron chi connectivity index (χ4n) is 3.80. The fourth-order valence-corrected chi connectivity index (χ4v) is 3.80. The van der Waals surface area contributed by atoms with Crippen LogP contribution in [0, 0.1) is 0 Å². The molecule has 0 saturated heterocycles. The van der Waals surface area contributed by atoms with E-state index in [1.807, 2.05) is 20.8 Å². The first-order chi connectivity index (χ1) is 14.7. The fraction of sp³-hybridized carbons (Fsp3) is 0.571. The van der Waals surface area contributed by atoms with E-state index in [1.165, 1.54) is 36.5 Å². The van der Waals surface area contributed by atoms with Crippen LogP contribution in [-0.2, 0) is 29.8 Å². The molecule has 0 heterocycles. The summed E-state index contributed by atoms with van der Waals surface area (Å²) in [6, 6.07) is 12.9. The van der Waals surface area contributed by atoms with Crippen LogP contribution < -0.4 is 5.73 Å². The van der Waals surface area contributed by atoms with Gasteiger partial charge in [-0.25, -0.2) is 0 Å². The number of nitrogens with two attached hydrogens (primary N) is 1. The highest BCUT2D eigenvalue weighted by atomic mass is 19.4. The van der Waals surface area contributed by atoms with E-state index in [2.05, 4.69) is 52.0 Å². The number of rotatable bonds is 6. The van der Waals surface area contributed by atoms with Gasteiger partial charge in [0.05, 0.1) is 5.56 Å². The lowest BCUT2D eigenvalue weighted by Gasteiger charge is -2.24. The predicted molar refractivity (Wildman–Crippen MR) is 131 cm³/mol. The van der Waals surface area contributed by atoms with Gasteiger partial charge >= 0.3 is 6.18 Å². The third-order valence-corrected chi connectivity index (χ3v) is 5.52. The van der Waals surface area contributed by atoms with Crippen molar-refractivity contribution >= 4 is 0 Å². The van der Waals surface area contributed by atoms with E-state index in [1.54, 1.807) is 6.07 Å². The lowest BCUT2D eigenvalue weighted by Crippen LogP contribution is -2.17. The van der Waals surface area contributed by atoms with Gasteiger partial charge < -0.3 is 5.73 Å². The maximum atomic E-state index is 12.7. The standard InChI is InChI=1S/C14H20F3N.C14H22/c1-13(2,3)12-9-11(14(15,16)17)7-6-10(12)5-4-8-18;1-5-6-9-12-10-7-8-11-13(12)14(2,3)4/h6-7,9H,4-5,8,18H2,1-3H3;7-8,10-11H,5-6,9H2,1-4H3. The Morgan fingerprint density at radius 3 is 1.75 bits per heavy atom. The van der Waals surface area contributed by atoms with Crippen molar-refractivity contribution in [2.45, 2.75) is 97.6 Å². The van der Waals surface area contributed by atoms with Crippen molar-refractivity contribution < 1.29 is 13.2 Å². The molecule has 0 aliphatic carbocycles. The lowest BCUT2D eigenvalue weighted by atomic mass is 9.81. The maximum absolute atomic E-state index is 12.7. The molecule has 0 bridgehead atoms. The zero-order valence-corrected chi connectivity index (χ0v) is 21.0. The van der Waals surface area contributed by atoms with Gasteiger partial charge in [-0.2, -0.15) is 13.2 Å². The van der Waals surface area contributed by atoms with Gasteiger partial charge in [0.1, 0.15) is 0 Å². The summed E-state index contributed by atoms with van der Waals surface area (Å²) in [5, 5.41) is 0. The second-order valence-electron chi connectivity index (χ2n) is 10.5. The summed E-state index contributed by atoms with van der Waals surface area (Å²) < 4.78 is 38.2. The minimum Gasteiger partial charge on any atom is -0.330 e. The van der Waals surface area contributed by atoms with Crippen LogP contribution in [0.4, 0.5) is 13.2 Å². The molecule has 180 valence electrons. The molecule has 0 fully saturated rings. The first kappa shape index (κ1) is 28.2. The topological polar surface area (TPSA) is 26.0 Å². The molecule has 0 atom stereocenters. The highest BCUT2D eigenvalue weighted by molar-refractivity contribution is 5.38. The molecule has 2 aromatic carbocycles. The van der Waals surface area contributed by atoms with Gasteiger partial charge in [0.2, 0.25) is 0 Å². The van der Waals surface area contributed by atoms with E-state index in [0.29, 0.717) is 6.54 Å². The second kappa shape index (κ2) is 11.9. The quantitative estimate of drug-likeness (QED) is 0.472. The number of hydrogen-bond acceptors (Lipinski definition) is 1. The molecule has 0 saturated carbocycles. The minimum absolute atomic E-state index is 0.282. The lowest BCUT2D eigenvalue weighted by molar-refractivity contribution is -0.137. The Hall–Kier alpha value is -1.81. The number of unbranched alkanes of at least 4 members (excludes halogenated alkanes) is 1. The van der Waals surface area contributed by atoms with Crippen LogP contribution >= 0.6 is 0 Å². The van der Waals surface area contributed by atoms with Gasteiger partial charge in [-0.1, -0.05) is 85.2 Å². The SMILES string of the molecule is CC(C)(C)c1cc(C(F)(F)F)ccc1CCCN.CCCCc1ccccc1C(C)(C)C. The van der Waals surface area contributed by atoms with Crippen LogP contribution in [0.3, 0.4) is 0 Å². The molecule has 0 unspecified atom stereocenters. The van der Waals surface area contributed by atoms with Crippen LogP contribution in [0.15, 0.2) is 42.5 Å². The van der Waals surface area contributed by atoms with Crippen LogP contribution in [0.2, 0.25) is 0 Å². The van der Waals surface area contributed by atoms with Crippen molar-refractivity contribution in [1.82, 2.24) is 0 Å². The largest absolute Gasteiger partial charge is 0.416 e. The summed E-state index contributed by atoms with van der Waals surface area (Å²) in [6.45, 7) is 15.4. The molecule has 2 N–H and O–H groups in total. The average molecular weight is 450 g/mol. The van der Waals surface area contributed by atoms with E-state index in [0.717, 1.165) is 30.0 Å². The summed E-state index contributed by atoms with van der Waals surface area (Å²) in [4.78, 5) is 0. The molecule has 0 spiro atoms. The molecule has 2 aromatic rings. The first-order valence-electron chi connectivity index (χ1n) is 11.7. The smallest absolute Gasteiger partial charge is 0.330 e. The molecule has 1 nitrogen and oxygen atoms in total. The monoisotopic (exact) mass is 449 g/mol. The Labute approximate surface area is 193 Å². The zero-order chi connectivity index (χ0) is 24.6. The Morgan fingerprint density at radius 2 is 1.25 bits per heavy atom. The van der Waals surface area contributed by atoms with E-state index in [9.17, 15) is 13.2 Å². The number of aryl methyl sites for hydroxylation is 2. The van der Waals surface area contributed by atoms with Crippen LogP contribution in [0.25, 0.3) is 0 Å². The van der Waals surface area contributed by atoms with Gasteiger partial charge in [0, 0.05) is 0 Å². The number of halogens is 3. The summed E-state index contributed by atoms with van der Waals surface area (Å²) in [7, 11) is 0. The van der Waals surface area contributed by atoms with Crippen LogP contribution in [-0.4, -0.2) is 6.54 Å². The molecular formula is C28H42F3N. The number of alkyl halides is 3. The van der Waals surface area contributed by atoms with Crippen molar-refractivity contribution in [2.24, 2.45) is 5.73 Å².